The molecule has 0 N–H and O–H groups in total. The number of hydrogen-bond donors (Lipinski definition) is 0. The van der Waals surface area contributed by atoms with Crippen LogP contribution in [-0.2, 0) is 9.84 Å². The molecule has 0 aromatic heterocycles. The van der Waals surface area contributed by atoms with Gasteiger partial charge in [0.15, 0.2) is 9.84 Å². The van der Waals surface area contributed by atoms with Crippen LogP contribution in [0.1, 0.15) is 0 Å². The zero-order valence-corrected chi connectivity index (χ0v) is 6.35. The molecule has 1 rings (SSSR count). The molecule has 53 valence electrons. The van der Waals surface area contributed by atoms with Crippen LogP contribution in [0.15, 0.2) is 29.2 Å². The third-order valence-corrected chi connectivity index (χ3v) is 2.22. The van der Waals surface area contributed by atoms with Crippen molar-refractivity contribution in [2.24, 2.45) is 0 Å². The predicted molar refractivity (Wildman–Crippen MR) is 38.4 cm³/mol. The first kappa shape index (κ1) is 7.28. The van der Waals surface area contributed by atoms with Crippen LogP contribution in [0.4, 0.5) is 0 Å². The lowest BCUT2D eigenvalue weighted by atomic mass is 10.4. The lowest BCUT2D eigenvalue weighted by Gasteiger charge is -1.93. The van der Waals surface area contributed by atoms with E-state index in [0.717, 1.165) is 0 Å². The Morgan fingerprint density at radius 2 is 2.20 bits per heavy atom. The van der Waals surface area contributed by atoms with Crippen molar-refractivity contribution in [2.75, 3.05) is 6.26 Å². The van der Waals surface area contributed by atoms with Crippen LogP contribution in [0.25, 0.3) is 0 Å². The van der Waals surface area contributed by atoms with Crippen molar-refractivity contribution in [3.05, 3.63) is 30.3 Å². The molecule has 1 radical (unpaired) electrons. The molecule has 1 aromatic rings. The van der Waals surface area contributed by atoms with Gasteiger partial charge in [-0.05, 0) is 18.2 Å². The smallest absolute Gasteiger partial charge is 0.175 e. The molecule has 10 heavy (non-hydrogen) atoms. The Morgan fingerprint density at radius 3 is 2.50 bits per heavy atom. The Balaban J connectivity index is 3.22. The molecule has 0 amide bonds. The molecule has 3 heteroatoms. The molecule has 0 aliphatic heterocycles. The second-order valence-electron chi connectivity index (χ2n) is 2.01. The molecule has 1 aromatic carbocycles. The summed E-state index contributed by atoms with van der Waals surface area (Å²) in [6, 6.07) is 9.00. The number of benzene rings is 1. The van der Waals surface area contributed by atoms with E-state index in [0.29, 0.717) is 4.90 Å². The molecule has 2 nitrogen and oxygen atoms in total. The Labute approximate surface area is 60.4 Å². The molecular formula is C7H7O2S. The molecule has 0 spiro atoms. The van der Waals surface area contributed by atoms with Gasteiger partial charge in [0.2, 0.25) is 0 Å². The molecule has 0 aliphatic carbocycles. The van der Waals surface area contributed by atoms with Crippen molar-refractivity contribution in [1.82, 2.24) is 0 Å². The van der Waals surface area contributed by atoms with E-state index in [1.54, 1.807) is 18.2 Å². The minimum absolute atomic E-state index is 0.315. The topological polar surface area (TPSA) is 34.1 Å². The molecule has 0 atom stereocenters. The molecule has 0 unspecified atom stereocenters. The Bertz CT molecular complexity index is 300. The zero-order chi connectivity index (χ0) is 7.61. The van der Waals surface area contributed by atoms with E-state index in [-0.39, 0.29) is 0 Å². The molecule has 0 aliphatic rings. The fraction of sp³-hybridized carbons (Fsp3) is 0.143. The van der Waals surface area contributed by atoms with Gasteiger partial charge in [-0.3, -0.25) is 0 Å². The van der Waals surface area contributed by atoms with Crippen LogP contribution >= 0.6 is 0 Å². The van der Waals surface area contributed by atoms with Crippen molar-refractivity contribution >= 4 is 9.84 Å². The highest BCUT2D eigenvalue weighted by atomic mass is 32.2. The first-order chi connectivity index (χ1) is 4.61. The molecule has 0 saturated carbocycles. The highest BCUT2D eigenvalue weighted by Gasteiger charge is 2.03. The zero-order valence-electron chi connectivity index (χ0n) is 5.53. The van der Waals surface area contributed by atoms with Crippen molar-refractivity contribution in [1.29, 1.82) is 0 Å². The largest absolute Gasteiger partial charge is 0.224 e. The van der Waals surface area contributed by atoms with Crippen LogP contribution in [0.2, 0.25) is 0 Å². The molecule has 0 saturated heterocycles. The Hall–Kier alpha value is -0.830. The van der Waals surface area contributed by atoms with Crippen LogP contribution < -0.4 is 0 Å². The first-order valence-corrected chi connectivity index (χ1v) is 4.66. The Morgan fingerprint density at radius 1 is 1.50 bits per heavy atom. The Kier molecular flexibility index (Phi) is 1.76. The molecule has 0 heterocycles. The van der Waals surface area contributed by atoms with Crippen LogP contribution in [0, 0.1) is 6.07 Å². The van der Waals surface area contributed by atoms with Gasteiger partial charge in [0.1, 0.15) is 0 Å². The SMILES string of the molecule is CS(=O)(=O)c1c[c]ccc1. The van der Waals surface area contributed by atoms with E-state index >= 15 is 0 Å². The van der Waals surface area contributed by atoms with Crippen molar-refractivity contribution in [3.8, 4) is 0 Å². The van der Waals surface area contributed by atoms with Crippen LogP contribution in [0.5, 0.6) is 0 Å². The third-order valence-electron chi connectivity index (χ3n) is 1.11. The van der Waals surface area contributed by atoms with Gasteiger partial charge in [0.25, 0.3) is 0 Å². The van der Waals surface area contributed by atoms with E-state index in [4.69, 9.17) is 0 Å². The molecule has 0 fully saturated rings. The minimum Gasteiger partial charge on any atom is -0.224 e. The minimum atomic E-state index is -3.03. The van der Waals surface area contributed by atoms with Gasteiger partial charge in [-0.15, -0.1) is 0 Å². The summed E-state index contributed by atoms with van der Waals surface area (Å²) in [6.45, 7) is 0. The number of hydrogen-bond acceptors (Lipinski definition) is 2. The number of sulfone groups is 1. The average Bonchev–Trinajstić information content (AvgIpc) is 1.88. The third kappa shape index (κ3) is 1.57. The first-order valence-electron chi connectivity index (χ1n) is 2.77. The van der Waals surface area contributed by atoms with E-state index in [2.05, 4.69) is 6.07 Å². The van der Waals surface area contributed by atoms with Gasteiger partial charge >= 0.3 is 0 Å². The summed E-state index contributed by atoms with van der Waals surface area (Å²) in [5.41, 5.74) is 0. The lowest BCUT2D eigenvalue weighted by Crippen LogP contribution is -1.95. The van der Waals surface area contributed by atoms with E-state index < -0.39 is 9.84 Å². The molecule has 0 bridgehead atoms. The quantitative estimate of drug-likeness (QED) is 0.603. The highest BCUT2D eigenvalue weighted by molar-refractivity contribution is 7.90. The van der Waals surface area contributed by atoms with Gasteiger partial charge in [0, 0.05) is 6.26 Å². The van der Waals surface area contributed by atoms with E-state index in [9.17, 15) is 8.42 Å². The van der Waals surface area contributed by atoms with Crippen LogP contribution in [0.3, 0.4) is 0 Å². The monoisotopic (exact) mass is 155 g/mol. The standard InChI is InChI=1S/C7H7O2S/c1-10(8,9)7-5-3-2-4-6-7/h2-3,5-6H,1H3. The van der Waals surface area contributed by atoms with Gasteiger partial charge in [-0.2, -0.15) is 0 Å². The normalized spacial score (nSPS) is 11.3. The van der Waals surface area contributed by atoms with Crippen LogP contribution in [-0.4, -0.2) is 14.7 Å². The van der Waals surface area contributed by atoms with Crippen molar-refractivity contribution < 1.29 is 8.42 Å². The van der Waals surface area contributed by atoms with Gasteiger partial charge in [-0.25, -0.2) is 8.42 Å². The van der Waals surface area contributed by atoms with Crippen molar-refractivity contribution in [3.63, 3.8) is 0 Å². The second-order valence-corrected chi connectivity index (χ2v) is 4.03. The van der Waals surface area contributed by atoms with E-state index in [1.165, 1.54) is 12.3 Å². The maximum atomic E-state index is 10.8. The predicted octanol–water partition coefficient (Wildman–Crippen LogP) is 0.890. The summed E-state index contributed by atoms with van der Waals surface area (Å²) in [6.07, 6.45) is 1.18. The fourth-order valence-electron chi connectivity index (χ4n) is 0.608. The molecular weight excluding hydrogens is 148 g/mol. The summed E-state index contributed by atoms with van der Waals surface area (Å²) in [4.78, 5) is 0.315. The highest BCUT2D eigenvalue weighted by Crippen LogP contribution is 2.05. The maximum Gasteiger partial charge on any atom is 0.175 e. The van der Waals surface area contributed by atoms with Gasteiger partial charge in [0.05, 0.1) is 4.90 Å². The maximum absolute atomic E-state index is 10.8. The van der Waals surface area contributed by atoms with Gasteiger partial charge < -0.3 is 0 Å². The van der Waals surface area contributed by atoms with Gasteiger partial charge in [-0.1, -0.05) is 12.1 Å². The average molecular weight is 155 g/mol. The second kappa shape index (κ2) is 2.42. The summed E-state index contributed by atoms with van der Waals surface area (Å²) in [5.74, 6) is 0. The summed E-state index contributed by atoms with van der Waals surface area (Å²) >= 11 is 0. The summed E-state index contributed by atoms with van der Waals surface area (Å²) in [7, 11) is -3.03. The lowest BCUT2D eigenvalue weighted by molar-refractivity contribution is 0.602. The number of rotatable bonds is 1. The van der Waals surface area contributed by atoms with E-state index in [1.807, 2.05) is 0 Å². The summed E-state index contributed by atoms with van der Waals surface area (Å²) < 4.78 is 21.6. The summed E-state index contributed by atoms with van der Waals surface area (Å²) in [5, 5.41) is 0. The van der Waals surface area contributed by atoms with Crippen molar-refractivity contribution in [2.45, 2.75) is 4.90 Å². The fourth-order valence-corrected chi connectivity index (χ4v) is 1.22.